The molecule has 0 saturated carbocycles. The van der Waals surface area contributed by atoms with E-state index in [1.165, 1.54) is 92.5 Å². The molecule has 3 nitrogen and oxygen atoms in total. The zero-order valence-corrected chi connectivity index (χ0v) is 36.5. The lowest BCUT2D eigenvalue weighted by molar-refractivity contribution is 0.667. The molecule has 3 heteroatoms. The number of benzene rings is 11. The second-order valence-corrected chi connectivity index (χ2v) is 18.5. The van der Waals surface area contributed by atoms with Crippen LogP contribution in [0.1, 0.15) is 25.0 Å². The van der Waals surface area contributed by atoms with E-state index in [-0.39, 0.29) is 5.41 Å². The van der Waals surface area contributed by atoms with Crippen molar-refractivity contribution in [3.8, 4) is 50.6 Å². The molecule has 308 valence electrons. The van der Waals surface area contributed by atoms with Crippen LogP contribution in [-0.4, -0.2) is 14.5 Å². The second-order valence-electron chi connectivity index (χ2n) is 18.5. The van der Waals surface area contributed by atoms with Gasteiger partial charge in [0.05, 0.1) is 16.7 Å². The summed E-state index contributed by atoms with van der Waals surface area (Å²) in [7, 11) is 0. The standard InChI is InChI=1S/C63H41N3/c1-63(2)56-36-53-46-32-31-40(34-51(46)44-23-6-7-24-45(44)52(53)35-54(56)59-49-27-10-8-21-42(49)43-22-9-11-28-50(43)60(59)63)39-19-16-20-41(33-39)55-37-64-62(65-61(55)38-17-4-3-5-18-38)66-57-29-14-12-25-47(57)48-26-13-15-30-58(48)66/h3-37H,1-2H3. The summed E-state index contributed by atoms with van der Waals surface area (Å²) >= 11 is 0. The molecule has 1 aliphatic carbocycles. The van der Waals surface area contributed by atoms with Gasteiger partial charge in [0.25, 0.3) is 0 Å². The van der Waals surface area contributed by atoms with Gasteiger partial charge in [-0.25, -0.2) is 9.97 Å². The van der Waals surface area contributed by atoms with Gasteiger partial charge in [-0.05, 0) is 129 Å². The fraction of sp³-hybridized carbons (Fsp3) is 0.0476. The molecule has 0 unspecified atom stereocenters. The summed E-state index contributed by atoms with van der Waals surface area (Å²) in [5.41, 5.74) is 13.9. The van der Waals surface area contributed by atoms with E-state index in [9.17, 15) is 0 Å². The van der Waals surface area contributed by atoms with Crippen LogP contribution in [0, 0.1) is 0 Å². The van der Waals surface area contributed by atoms with Crippen LogP contribution in [0.25, 0.3) is 126 Å². The first-order chi connectivity index (χ1) is 32.5. The number of hydrogen-bond donors (Lipinski definition) is 0. The Kier molecular flexibility index (Phi) is 7.74. The molecular formula is C63H41N3. The average Bonchev–Trinajstić information content (AvgIpc) is 3.84. The third-order valence-electron chi connectivity index (χ3n) is 14.6. The van der Waals surface area contributed by atoms with Crippen molar-refractivity contribution in [2.24, 2.45) is 0 Å². The molecule has 13 aromatic rings. The predicted octanol–water partition coefficient (Wildman–Crippen LogP) is 16.6. The number of nitrogens with zero attached hydrogens (tertiary/aromatic N) is 3. The largest absolute Gasteiger partial charge is 0.278 e. The Labute approximate surface area is 381 Å². The maximum absolute atomic E-state index is 5.40. The molecule has 0 atom stereocenters. The number of rotatable bonds is 4. The first-order valence-electron chi connectivity index (χ1n) is 22.9. The number of fused-ring (bicyclic) bond motifs is 17. The second kappa shape index (κ2) is 13.8. The molecule has 0 saturated heterocycles. The van der Waals surface area contributed by atoms with E-state index in [4.69, 9.17) is 9.97 Å². The normalized spacial score (nSPS) is 13.1. The van der Waals surface area contributed by atoms with Crippen molar-refractivity contribution in [1.82, 2.24) is 14.5 Å². The molecule has 0 bridgehead atoms. The fourth-order valence-corrected chi connectivity index (χ4v) is 11.6. The minimum absolute atomic E-state index is 0.190. The minimum Gasteiger partial charge on any atom is -0.278 e. The topological polar surface area (TPSA) is 30.7 Å². The molecule has 0 radical (unpaired) electrons. The van der Waals surface area contributed by atoms with Crippen LogP contribution in [0.5, 0.6) is 0 Å². The summed E-state index contributed by atoms with van der Waals surface area (Å²) in [6.07, 6.45) is 2.01. The number of hydrogen-bond acceptors (Lipinski definition) is 2. The van der Waals surface area contributed by atoms with E-state index in [1.807, 2.05) is 6.20 Å². The Morgan fingerprint density at radius 3 is 1.56 bits per heavy atom. The summed E-state index contributed by atoms with van der Waals surface area (Å²) in [6, 6.07) is 75.5. The third kappa shape index (κ3) is 5.20. The lowest BCUT2D eigenvalue weighted by Crippen LogP contribution is -2.15. The third-order valence-corrected chi connectivity index (χ3v) is 14.6. The summed E-state index contributed by atoms with van der Waals surface area (Å²) < 4.78 is 2.19. The summed E-state index contributed by atoms with van der Waals surface area (Å²) in [6.45, 7) is 4.84. The van der Waals surface area contributed by atoms with Crippen LogP contribution in [0.4, 0.5) is 0 Å². The van der Waals surface area contributed by atoms with Gasteiger partial charge >= 0.3 is 0 Å². The SMILES string of the molecule is CC1(C)c2cc3c4ccc(-c5cccc(-c6cnc(-n7c8ccccc8c8ccccc87)nc6-c6ccccc6)c5)cc4c4ccccc4c3cc2-c2c1c1ccccc1c1ccccc21. The van der Waals surface area contributed by atoms with Crippen LogP contribution in [0.2, 0.25) is 0 Å². The number of para-hydroxylation sites is 2. The van der Waals surface area contributed by atoms with Crippen LogP contribution in [-0.2, 0) is 5.41 Å². The Hall–Kier alpha value is -8.40. The minimum atomic E-state index is -0.190. The Morgan fingerprint density at radius 1 is 0.364 bits per heavy atom. The van der Waals surface area contributed by atoms with Crippen molar-refractivity contribution in [2.75, 3.05) is 0 Å². The molecule has 2 heterocycles. The van der Waals surface area contributed by atoms with Gasteiger partial charge in [-0.1, -0.05) is 184 Å². The maximum Gasteiger partial charge on any atom is 0.235 e. The highest BCUT2D eigenvalue weighted by atomic mass is 15.2. The lowest BCUT2D eigenvalue weighted by Gasteiger charge is -2.24. The monoisotopic (exact) mass is 839 g/mol. The van der Waals surface area contributed by atoms with Crippen molar-refractivity contribution in [2.45, 2.75) is 19.3 Å². The van der Waals surface area contributed by atoms with Gasteiger partial charge in [0.15, 0.2) is 0 Å². The van der Waals surface area contributed by atoms with Gasteiger partial charge in [-0.2, -0.15) is 0 Å². The smallest absolute Gasteiger partial charge is 0.235 e. The molecule has 1 aliphatic rings. The van der Waals surface area contributed by atoms with Crippen molar-refractivity contribution in [3.05, 3.63) is 224 Å². The van der Waals surface area contributed by atoms with Gasteiger partial charge in [0, 0.05) is 33.5 Å². The summed E-state index contributed by atoms with van der Waals surface area (Å²) in [4.78, 5) is 10.5. The molecule has 2 aromatic heterocycles. The van der Waals surface area contributed by atoms with E-state index in [0.717, 1.165) is 39.0 Å². The fourth-order valence-electron chi connectivity index (χ4n) is 11.6. The first-order valence-corrected chi connectivity index (χ1v) is 22.9. The predicted molar refractivity (Wildman–Crippen MR) is 278 cm³/mol. The van der Waals surface area contributed by atoms with E-state index in [0.29, 0.717) is 5.95 Å². The summed E-state index contributed by atoms with van der Waals surface area (Å²) in [5, 5.41) is 15.4. The van der Waals surface area contributed by atoms with Gasteiger partial charge in [0.2, 0.25) is 5.95 Å². The van der Waals surface area contributed by atoms with Gasteiger partial charge in [-0.3, -0.25) is 4.57 Å². The molecule has 0 spiro atoms. The van der Waals surface area contributed by atoms with Crippen LogP contribution < -0.4 is 0 Å². The molecule has 0 N–H and O–H groups in total. The van der Waals surface area contributed by atoms with Crippen LogP contribution in [0.15, 0.2) is 212 Å². The van der Waals surface area contributed by atoms with Crippen LogP contribution >= 0.6 is 0 Å². The van der Waals surface area contributed by atoms with E-state index >= 15 is 0 Å². The van der Waals surface area contributed by atoms with E-state index in [1.54, 1.807) is 0 Å². The van der Waals surface area contributed by atoms with Crippen molar-refractivity contribution < 1.29 is 0 Å². The first kappa shape index (κ1) is 37.0. The van der Waals surface area contributed by atoms with E-state index < -0.39 is 0 Å². The Bertz CT molecular complexity index is 4140. The quantitative estimate of drug-likeness (QED) is 0.165. The number of aromatic nitrogens is 3. The van der Waals surface area contributed by atoms with Crippen molar-refractivity contribution in [1.29, 1.82) is 0 Å². The zero-order chi connectivity index (χ0) is 43.7. The molecule has 0 fully saturated rings. The van der Waals surface area contributed by atoms with Crippen molar-refractivity contribution >= 4 is 75.7 Å². The van der Waals surface area contributed by atoms with Gasteiger partial charge in [0.1, 0.15) is 0 Å². The molecular weight excluding hydrogens is 799 g/mol. The molecule has 14 rings (SSSR count). The Balaban J connectivity index is 0.939. The highest BCUT2D eigenvalue weighted by molar-refractivity contribution is 6.28. The lowest BCUT2D eigenvalue weighted by atomic mass is 9.78. The average molecular weight is 840 g/mol. The molecule has 0 amide bonds. The van der Waals surface area contributed by atoms with Gasteiger partial charge < -0.3 is 0 Å². The van der Waals surface area contributed by atoms with Crippen molar-refractivity contribution in [3.63, 3.8) is 0 Å². The highest BCUT2D eigenvalue weighted by Crippen LogP contribution is 2.56. The summed E-state index contributed by atoms with van der Waals surface area (Å²) in [5.74, 6) is 0.652. The Morgan fingerprint density at radius 2 is 0.864 bits per heavy atom. The highest BCUT2D eigenvalue weighted by Gasteiger charge is 2.39. The van der Waals surface area contributed by atoms with E-state index in [2.05, 4.69) is 225 Å². The molecule has 0 aliphatic heterocycles. The van der Waals surface area contributed by atoms with Gasteiger partial charge in [-0.15, -0.1) is 0 Å². The zero-order valence-electron chi connectivity index (χ0n) is 36.5. The van der Waals surface area contributed by atoms with Crippen LogP contribution in [0.3, 0.4) is 0 Å². The maximum atomic E-state index is 5.40. The molecule has 66 heavy (non-hydrogen) atoms. The molecule has 11 aromatic carbocycles.